The van der Waals surface area contributed by atoms with E-state index in [1.54, 1.807) is 29.7 Å². The fraction of sp³-hybridized carbons (Fsp3) is 0.235. The molecule has 1 aliphatic heterocycles. The second kappa shape index (κ2) is 6.19. The molecular weight excluding hydrogens is 306 g/mol. The zero-order valence-electron chi connectivity index (χ0n) is 12.9. The first-order valence-electron chi connectivity index (χ1n) is 7.70. The first-order chi connectivity index (χ1) is 11.8. The standard InChI is InChI=1S/C17H15N5O2/c23-15-8-14(11-22(15)10-12-2-1-5-19-9-12)17-20-16(21-24-17)13-3-6-18-7-4-13/h1-7,9,14H,8,10-11H2/t14-/m1/s1. The van der Waals surface area contributed by atoms with Gasteiger partial charge in [0.2, 0.25) is 17.6 Å². The summed E-state index contributed by atoms with van der Waals surface area (Å²) >= 11 is 0. The van der Waals surface area contributed by atoms with Gasteiger partial charge in [-0.15, -0.1) is 0 Å². The fourth-order valence-electron chi connectivity index (χ4n) is 2.82. The Hall–Kier alpha value is -3.09. The van der Waals surface area contributed by atoms with E-state index in [2.05, 4.69) is 20.1 Å². The summed E-state index contributed by atoms with van der Waals surface area (Å²) in [6.07, 6.45) is 7.24. The van der Waals surface area contributed by atoms with Gasteiger partial charge in [0.05, 0.1) is 5.92 Å². The Kier molecular flexibility index (Phi) is 3.74. The van der Waals surface area contributed by atoms with Gasteiger partial charge >= 0.3 is 0 Å². The summed E-state index contributed by atoms with van der Waals surface area (Å²) in [7, 11) is 0. The molecule has 3 aromatic heterocycles. The molecule has 24 heavy (non-hydrogen) atoms. The molecule has 4 heterocycles. The normalized spacial score (nSPS) is 17.4. The quantitative estimate of drug-likeness (QED) is 0.731. The van der Waals surface area contributed by atoms with Crippen molar-refractivity contribution in [2.45, 2.75) is 18.9 Å². The summed E-state index contributed by atoms with van der Waals surface area (Å²) in [5.41, 5.74) is 1.85. The van der Waals surface area contributed by atoms with Crippen LogP contribution < -0.4 is 0 Å². The van der Waals surface area contributed by atoms with Gasteiger partial charge < -0.3 is 9.42 Å². The van der Waals surface area contributed by atoms with Crippen LogP contribution in [0.25, 0.3) is 11.4 Å². The molecule has 4 rings (SSSR count). The Balaban J connectivity index is 1.48. The van der Waals surface area contributed by atoms with Crippen LogP contribution in [0.2, 0.25) is 0 Å². The van der Waals surface area contributed by atoms with Crippen LogP contribution in [0.15, 0.2) is 53.6 Å². The molecule has 0 saturated carbocycles. The van der Waals surface area contributed by atoms with E-state index < -0.39 is 0 Å². The molecule has 1 fully saturated rings. The molecule has 1 atom stereocenters. The third kappa shape index (κ3) is 2.88. The van der Waals surface area contributed by atoms with E-state index in [9.17, 15) is 4.79 Å². The molecule has 1 saturated heterocycles. The third-order valence-electron chi connectivity index (χ3n) is 4.04. The zero-order chi connectivity index (χ0) is 16.4. The first-order valence-corrected chi connectivity index (χ1v) is 7.70. The number of carbonyl (C=O) groups excluding carboxylic acids is 1. The van der Waals surface area contributed by atoms with Crippen LogP contribution in [0.1, 0.15) is 23.8 Å². The smallest absolute Gasteiger partial charge is 0.232 e. The van der Waals surface area contributed by atoms with Gasteiger partial charge in [0.1, 0.15) is 0 Å². The van der Waals surface area contributed by atoms with Gasteiger partial charge in [-0.3, -0.25) is 14.8 Å². The Morgan fingerprint density at radius 3 is 2.83 bits per heavy atom. The van der Waals surface area contributed by atoms with Crippen molar-refractivity contribution in [3.8, 4) is 11.4 Å². The predicted octanol–water partition coefficient (Wildman–Crippen LogP) is 2.04. The highest BCUT2D eigenvalue weighted by molar-refractivity contribution is 5.79. The molecule has 0 N–H and O–H groups in total. The highest BCUT2D eigenvalue weighted by Crippen LogP contribution is 2.29. The van der Waals surface area contributed by atoms with Gasteiger partial charge in [0.25, 0.3) is 0 Å². The molecule has 0 radical (unpaired) electrons. The average Bonchev–Trinajstić information content (AvgIpc) is 3.24. The molecule has 0 bridgehead atoms. The van der Waals surface area contributed by atoms with Crippen LogP contribution in [0.3, 0.4) is 0 Å². The van der Waals surface area contributed by atoms with Crippen molar-refractivity contribution >= 4 is 5.91 Å². The maximum Gasteiger partial charge on any atom is 0.232 e. The van der Waals surface area contributed by atoms with Crippen LogP contribution in [-0.4, -0.2) is 37.5 Å². The number of likely N-dealkylation sites (tertiary alicyclic amines) is 1. The molecule has 7 nitrogen and oxygen atoms in total. The molecule has 0 aliphatic carbocycles. The number of amides is 1. The van der Waals surface area contributed by atoms with Crippen molar-refractivity contribution in [2.75, 3.05) is 6.54 Å². The van der Waals surface area contributed by atoms with Crippen molar-refractivity contribution in [3.05, 3.63) is 60.5 Å². The molecule has 1 aliphatic rings. The monoisotopic (exact) mass is 321 g/mol. The second-order valence-electron chi connectivity index (χ2n) is 5.73. The van der Waals surface area contributed by atoms with Crippen LogP contribution in [0.5, 0.6) is 0 Å². The number of aromatic nitrogens is 4. The van der Waals surface area contributed by atoms with E-state index in [1.165, 1.54) is 0 Å². The van der Waals surface area contributed by atoms with Gasteiger partial charge in [-0.1, -0.05) is 11.2 Å². The number of rotatable bonds is 4. The fourth-order valence-corrected chi connectivity index (χ4v) is 2.82. The molecular formula is C17H15N5O2. The van der Waals surface area contributed by atoms with Crippen molar-refractivity contribution in [1.29, 1.82) is 0 Å². The molecule has 1 amide bonds. The summed E-state index contributed by atoms with van der Waals surface area (Å²) < 4.78 is 5.38. The maximum atomic E-state index is 12.2. The number of carbonyl (C=O) groups is 1. The van der Waals surface area contributed by atoms with Crippen molar-refractivity contribution in [3.63, 3.8) is 0 Å². The maximum absolute atomic E-state index is 12.2. The SMILES string of the molecule is O=C1C[C@@H](c2nc(-c3ccncc3)no2)CN1Cc1cccnc1. The lowest BCUT2D eigenvalue weighted by molar-refractivity contribution is -0.128. The van der Waals surface area contributed by atoms with Crippen LogP contribution >= 0.6 is 0 Å². The van der Waals surface area contributed by atoms with Crippen LogP contribution in [0, 0.1) is 0 Å². The minimum Gasteiger partial charge on any atom is -0.339 e. The topological polar surface area (TPSA) is 85.0 Å². The summed E-state index contributed by atoms with van der Waals surface area (Å²) in [4.78, 5) is 26.5. The van der Waals surface area contributed by atoms with E-state index in [1.807, 2.05) is 24.3 Å². The molecule has 7 heteroatoms. The Morgan fingerprint density at radius 1 is 1.17 bits per heavy atom. The molecule has 0 spiro atoms. The minimum atomic E-state index is -0.0720. The van der Waals surface area contributed by atoms with Crippen molar-refractivity contribution in [2.24, 2.45) is 0 Å². The van der Waals surface area contributed by atoms with Gasteiger partial charge in [0, 0.05) is 49.9 Å². The highest BCUT2D eigenvalue weighted by Gasteiger charge is 2.34. The van der Waals surface area contributed by atoms with Gasteiger partial charge in [-0.2, -0.15) is 4.98 Å². The summed E-state index contributed by atoms with van der Waals surface area (Å²) in [6, 6.07) is 7.47. The second-order valence-corrected chi connectivity index (χ2v) is 5.73. The van der Waals surface area contributed by atoms with Crippen molar-refractivity contribution in [1.82, 2.24) is 25.0 Å². The van der Waals surface area contributed by atoms with Crippen LogP contribution in [0.4, 0.5) is 0 Å². The summed E-state index contributed by atoms with van der Waals surface area (Å²) in [5.74, 6) is 1.04. The number of hydrogen-bond acceptors (Lipinski definition) is 6. The Morgan fingerprint density at radius 2 is 2.04 bits per heavy atom. The van der Waals surface area contributed by atoms with Gasteiger partial charge in [-0.05, 0) is 23.8 Å². The number of hydrogen-bond donors (Lipinski definition) is 0. The lowest BCUT2D eigenvalue weighted by Crippen LogP contribution is -2.24. The summed E-state index contributed by atoms with van der Waals surface area (Å²) in [6.45, 7) is 1.13. The zero-order valence-corrected chi connectivity index (χ0v) is 12.9. The molecule has 120 valence electrons. The first kappa shape index (κ1) is 14.5. The number of pyridine rings is 2. The van der Waals surface area contributed by atoms with Gasteiger partial charge in [0.15, 0.2) is 0 Å². The van der Waals surface area contributed by atoms with E-state index in [0.717, 1.165) is 11.1 Å². The third-order valence-corrected chi connectivity index (χ3v) is 4.04. The predicted molar refractivity (Wildman–Crippen MR) is 84.5 cm³/mol. The lowest BCUT2D eigenvalue weighted by atomic mass is 10.1. The van der Waals surface area contributed by atoms with E-state index in [0.29, 0.717) is 31.2 Å². The Labute approximate surface area is 138 Å². The van der Waals surface area contributed by atoms with E-state index in [4.69, 9.17) is 4.52 Å². The summed E-state index contributed by atoms with van der Waals surface area (Å²) in [5, 5.41) is 4.01. The van der Waals surface area contributed by atoms with Crippen LogP contribution in [-0.2, 0) is 11.3 Å². The lowest BCUT2D eigenvalue weighted by Gasteiger charge is -2.15. The largest absolute Gasteiger partial charge is 0.339 e. The minimum absolute atomic E-state index is 0.0720. The van der Waals surface area contributed by atoms with E-state index in [-0.39, 0.29) is 11.8 Å². The highest BCUT2D eigenvalue weighted by atomic mass is 16.5. The van der Waals surface area contributed by atoms with Crippen molar-refractivity contribution < 1.29 is 9.32 Å². The average molecular weight is 321 g/mol. The Bertz CT molecular complexity index is 834. The van der Waals surface area contributed by atoms with Gasteiger partial charge in [-0.25, -0.2) is 0 Å². The molecule has 3 aromatic rings. The molecule has 0 aromatic carbocycles. The van der Waals surface area contributed by atoms with E-state index >= 15 is 0 Å². The molecule has 0 unspecified atom stereocenters. The number of nitrogens with zero attached hydrogens (tertiary/aromatic N) is 5.